The van der Waals surface area contributed by atoms with Crippen LogP contribution in [0.15, 0.2) is 18.2 Å². The van der Waals surface area contributed by atoms with Crippen molar-refractivity contribution < 1.29 is 14.6 Å². The minimum atomic E-state index is 0.278. The van der Waals surface area contributed by atoms with Gasteiger partial charge in [0.1, 0.15) is 11.5 Å². The Hall–Kier alpha value is -1.26. The van der Waals surface area contributed by atoms with Gasteiger partial charge in [-0.15, -0.1) is 0 Å². The standard InChI is InChI=1S/C13H21NO3/c1-4-14(7-8-16-2)10-11-5-6-12(17-3)9-13(11)15/h5-6,9,15H,4,7-8,10H2,1-3H3. The van der Waals surface area contributed by atoms with Crippen molar-refractivity contribution in [2.24, 2.45) is 0 Å². The van der Waals surface area contributed by atoms with Crippen molar-refractivity contribution in [3.05, 3.63) is 23.8 Å². The first-order valence-electron chi connectivity index (χ1n) is 5.78. The molecule has 17 heavy (non-hydrogen) atoms. The Labute approximate surface area is 103 Å². The van der Waals surface area contributed by atoms with Crippen molar-refractivity contribution in [2.75, 3.05) is 33.9 Å². The van der Waals surface area contributed by atoms with E-state index in [1.54, 1.807) is 20.3 Å². The van der Waals surface area contributed by atoms with Gasteiger partial charge < -0.3 is 14.6 Å². The van der Waals surface area contributed by atoms with Crippen molar-refractivity contribution in [1.82, 2.24) is 4.90 Å². The Kier molecular flexibility index (Phi) is 5.80. The number of hydrogen-bond acceptors (Lipinski definition) is 4. The summed E-state index contributed by atoms with van der Waals surface area (Å²) < 4.78 is 10.1. The normalized spacial score (nSPS) is 10.8. The van der Waals surface area contributed by atoms with Crippen molar-refractivity contribution >= 4 is 0 Å². The molecule has 4 nitrogen and oxygen atoms in total. The van der Waals surface area contributed by atoms with Gasteiger partial charge in [0.05, 0.1) is 13.7 Å². The molecule has 0 saturated carbocycles. The molecule has 1 aromatic rings. The molecule has 0 atom stereocenters. The number of phenolic OH excluding ortho intramolecular Hbond substituents is 1. The van der Waals surface area contributed by atoms with Crippen molar-refractivity contribution in [3.63, 3.8) is 0 Å². The average Bonchev–Trinajstić information content (AvgIpc) is 2.36. The van der Waals surface area contributed by atoms with Gasteiger partial charge >= 0.3 is 0 Å². The molecule has 0 unspecified atom stereocenters. The fraction of sp³-hybridized carbons (Fsp3) is 0.538. The molecule has 1 rings (SSSR count). The molecule has 1 aromatic carbocycles. The maximum absolute atomic E-state index is 9.85. The van der Waals surface area contributed by atoms with Crippen molar-refractivity contribution in [3.8, 4) is 11.5 Å². The number of methoxy groups -OCH3 is 2. The van der Waals surface area contributed by atoms with E-state index in [-0.39, 0.29) is 5.75 Å². The number of rotatable bonds is 7. The molecule has 4 heteroatoms. The average molecular weight is 239 g/mol. The van der Waals surface area contributed by atoms with E-state index >= 15 is 0 Å². The molecule has 96 valence electrons. The van der Waals surface area contributed by atoms with Crippen LogP contribution >= 0.6 is 0 Å². The van der Waals surface area contributed by atoms with Gasteiger partial charge in [-0.05, 0) is 12.6 Å². The molecular weight excluding hydrogens is 218 g/mol. The SMILES string of the molecule is CCN(CCOC)Cc1ccc(OC)cc1O. The lowest BCUT2D eigenvalue weighted by atomic mass is 10.1. The third kappa shape index (κ3) is 4.24. The second kappa shape index (κ2) is 7.14. The second-order valence-corrected chi connectivity index (χ2v) is 3.86. The van der Waals surface area contributed by atoms with E-state index in [1.165, 1.54) is 0 Å². The monoisotopic (exact) mass is 239 g/mol. The predicted molar refractivity (Wildman–Crippen MR) is 67.5 cm³/mol. The van der Waals surface area contributed by atoms with E-state index in [4.69, 9.17) is 9.47 Å². The molecule has 0 aliphatic heterocycles. The summed E-state index contributed by atoms with van der Waals surface area (Å²) in [6.07, 6.45) is 0. The third-order valence-electron chi connectivity index (χ3n) is 2.75. The minimum absolute atomic E-state index is 0.278. The zero-order chi connectivity index (χ0) is 12.7. The van der Waals surface area contributed by atoms with Crippen LogP contribution < -0.4 is 4.74 Å². The Morgan fingerprint density at radius 1 is 1.29 bits per heavy atom. The smallest absolute Gasteiger partial charge is 0.123 e. The maximum Gasteiger partial charge on any atom is 0.123 e. The van der Waals surface area contributed by atoms with E-state index in [0.717, 1.165) is 25.2 Å². The maximum atomic E-state index is 9.85. The molecule has 0 amide bonds. The summed E-state index contributed by atoms with van der Waals surface area (Å²) in [4.78, 5) is 2.21. The van der Waals surface area contributed by atoms with Crippen LogP contribution in [-0.2, 0) is 11.3 Å². The van der Waals surface area contributed by atoms with Gasteiger partial charge in [0, 0.05) is 31.8 Å². The summed E-state index contributed by atoms with van der Waals surface area (Å²) in [7, 11) is 3.28. The molecule has 0 bridgehead atoms. The van der Waals surface area contributed by atoms with Crippen LogP contribution in [0.1, 0.15) is 12.5 Å². The molecule has 0 aromatic heterocycles. The Morgan fingerprint density at radius 3 is 2.59 bits per heavy atom. The number of ether oxygens (including phenoxy) is 2. The van der Waals surface area contributed by atoms with Gasteiger partial charge in [0.15, 0.2) is 0 Å². The summed E-state index contributed by atoms with van der Waals surface area (Å²) >= 11 is 0. The first-order chi connectivity index (χ1) is 8.21. The molecule has 0 saturated heterocycles. The lowest BCUT2D eigenvalue weighted by molar-refractivity contribution is 0.147. The van der Waals surface area contributed by atoms with Gasteiger partial charge in [0.25, 0.3) is 0 Å². The first-order valence-corrected chi connectivity index (χ1v) is 5.78. The van der Waals surface area contributed by atoms with Crippen LogP contribution in [0.4, 0.5) is 0 Å². The van der Waals surface area contributed by atoms with E-state index in [2.05, 4.69) is 11.8 Å². The highest BCUT2D eigenvalue weighted by molar-refractivity contribution is 5.39. The topological polar surface area (TPSA) is 41.9 Å². The highest BCUT2D eigenvalue weighted by Crippen LogP contribution is 2.24. The molecular formula is C13H21NO3. The van der Waals surface area contributed by atoms with E-state index < -0.39 is 0 Å². The van der Waals surface area contributed by atoms with Crippen LogP contribution in [-0.4, -0.2) is 43.9 Å². The van der Waals surface area contributed by atoms with Gasteiger partial charge in [-0.2, -0.15) is 0 Å². The van der Waals surface area contributed by atoms with Crippen LogP contribution in [0.3, 0.4) is 0 Å². The predicted octanol–water partition coefficient (Wildman–Crippen LogP) is 1.87. The number of aromatic hydroxyl groups is 1. The molecule has 0 fully saturated rings. The summed E-state index contributed by atoms with van der Waals surface area (Å²) in [6.45, 7) is 5.30. The number of phenols is 1. The van der Waals surface area contributed by atoms with E-state index in [1.807, 2.05) is 12.1 Å². The summed E-state index contributed by atoms with van der Waals surface area (Å²) in [5, 5.41) is 9.85. The fourth-order valence-corrected chi connectivity index (χ4v) is 1.61. The van der Waals surface area contributed by atoms with Gasteiger partial charge in [-0.1, -0.05) is 13.0 Å². The van der Waals surface area contributed by atoms with Crippen LogP contribution in [0.5, 0.6) is 11.5 Å². The summed E-state index contributed by atoms with van der Waals surface area (Å²) in [5.74, 6) is 0.950. The minimum Gasteiger partial charge on any atom is -0.507 e. The quantitative estimate of drug-likeness (QED) is 0.788. The van der Waals surface area contributed by atoms with E-state index in [9.17, 15) is 5.11 Å². The molecule has 0 spiro atoms. The Balaban J connectivity index is 2.65. The van der Waals surface area contributed by atoms with E-state index in [0.29, 0.717) is 12.4 Å². The Bertz CT molecular complexity index is 341. The van der Waals surface area contributed by atoms with Crippen LogP contribution in [0.25, 0.3) is 0 Å². The lowest BCUT2D eigenvalue weighted by Gasteiger charge is -2.20. The zero-order valence-corrected chi connectivity index (χ0v) is 10.8. The molecule has 0 aliphatic rings. The highest BCUT2D eigenvalue weighted by atomic mass is 16.5. The summed E-state index contributed by atoms with van der Waals surface area (Å²) in [5.41, 5.74) is 0.906. The molecule has 1 N–H and O–H groups in total. The number of hydrogen-bond donors (Lipinski definition) is 1. The number of likely N-dealkylation sites (N-methyl/N-ethyl adjacent to an activating group) is 1. The van der Waals surface area contributed by atoms with Crippen LogP contribution in [0.2, 0.25) is 0 Å². The molecule has 0 aliphatic carbocycles. The zero-order valence-electron chi connectivity index (χ0n) is 10.8. The third-order valence-corrected chi connectivity index (χ3v) is 2.75. The highest BCUT2D eigenvalue weighted by Gasteiger charge is 2.08. The molecule has 0 heterocycles. The Morgan fingerprint density at radius 2 is 2.06 bits per heavy atom. The van der Waals surface area contributed by atoms with Crippen LogP contribution in [0, 0.1) is 0 Å². The van der Waals surface area contributed by atoms with Gasteiger partial charge in [-0.25, -0.2) is 0 Å². The van der Waals surface area contributed by atoms with Crippen molar-refractivity contribution in [2.45, 2.75) is 13.5 Å². The number of nitrogens with zero attached hydrogens (tertiary/aromatic N) is 1. The fourth-order valence-electron chi connectivity index (χ4n) is 1.61. The van der Waals surface area contributed by atoms with Gasteiger partial charge in [-0.3, -0.25) is 4.90 Å². The van der Waals surface area contributed by atoms with Crippen molar-refractivity contribution in [1.29, 1.82) is 0 Å². The summed E-state index contributed by atoms with van der Waals surface area (Å²) in [6, 6.07) is 5.39. The first kappa shape index (κ1) is 13.8. The molecule has 0 radical (unpaired) electrons. The largest absolute Gasteiger partial charge is 0.507 e. The number of benzene rings is 1. The lowest BCUT2D eigenvalue weighted by Crippen LogP contribution is -2.26. The second-order valence-electron chi connectivity index (χ2n) is 3.86. The van der Waals surface area contributed by atoms with Gasteiger partial charge in [0.2, 0.25) is 0 Å².